The van der Waals surface area contributed by atoms with Crippen molar-refractivity contribution in [1.82, 2.24) is 28.9 Å². The van der Waals surface area contributed by atoms with Crippen LogP contribution in [0.1, 0.15) is 53.5 Å². The fraction of sp³-hybridized carbons (Fsp3) is 0.333. The van der Waals surface area contributed by atoms with Gasteiger partial charge in [0.2, 0.25) is 0 Å². The number of hydrogen-bond acceptors (Lipinski definition) is 5. The number of fused-ring (bicyclic) bond motifs is 2. The lowest BCUT2D eigenvalue weighted by molar-refractivity contribution is -0.137. The lowest BCUT2D eigenvalue weighted by atomic mass is 9.60. The Kier molecular flexibility index (Phi) is 7.41. The number of Topliss-reactive ketones (excluding diaryl/α,β-unsaturated/α-hetero) is 1. The van der Waals surface area contributed by atoms with E-state index in [4.69, 9.17) is 0 Å². The third-order valence-electron chi connectivity index (χ3n) is 8.36. The first kappa shape index (κ1) is 29.1. The molecule has 1 fully saturated rings. The number of aryl methyl sites for hydroxylation is 1. The molecule has 8 nitrogen and oxygen atoms in total. The second kappa shape index (κ2) is 10.9. The molecule has 13 heteroatoms. The Morgan fingerprint density at radius 3 is 2.65 bits per heavy atom. The first-order valence-corrected chi connectivity index (χ1v) is 14.9. The number of benzene rings is 1. The lowest BCUT2D eigenvalue weighted by Gasteiger charge is -2.45. The van der Waals surface area contributed by atoms with Crippen molar-refractivity contribution in [3.63, 3.8) is 0 Å². The van der Waals surface area contributed by atoms with E-state index in [1.165, 1.54) is 12.1 Å². The maximum Gasteiger partial charge on any atom is 0.416 e. The van der Waals surface area contributed by atoms with Crippen molar-refractivity contribution in [2.45, 2.75) is 56.4 Å². The van der Waals surface area contributed by atoms with Gasteiger partial charge >= 0.3 is 6.18 Å². The molecule has 0 bridgehead atoms. The summed E-state index contributed by atoms with van der Waals surface area (Å²) in [6.07, 6.45) is 3.00. The molecule has 2 aliphatic carbocycles. The second-order valence-electron chi connectivity index (χ2n) is 10.8. The smallest absolute Gasteiger partial charge is 0.291 e. The summed E-state index contributed by atoms with van der Waals surface area (Å²) < 4.78 is 72.9. The Morgan fingerprint density at radius 1 is 1.19 bits per heavy atom. The van der Waals surface area contributed by atoms with Crippen molar-refractivity contribution in [1.29, 1.82) is 0 Å². The van der Waals surface area contributed by atoms with Gasteiger partial charge in [0.05, 0.1) is 28.6 Å². The predicted octanol–water partition coefficient (Wildman–Crippen LogP) is 5.66. The Bertz CT molecular complexity index is 1750. The lowest BCUT2D eigenvalue weighted by Crippen LogP contribution is -2.48. The Morgan fingerprint density at radius 2 is 1.95 bits per heavy atom. The van der Waals surface area contributed by atoms with E-state index in [1.54, 1.807) is 51.3 Å². The van der Waals surface area contributed by atoms with Gasteiger partial charge in [-0.25, -0.2) is 17.6 Å². The van der Waals surface area contributed by atoms with E-state index in [9.17, 15) is 26.6 Å². The van der Waals surface area contributed by atoms with Crippen LogP contribution in [0.3, 0.4) is 0 Å². The number of ketones is 1. The Balaban J connectivity index is 1.41. The molecule has 3 heterocycles. The third kappa shape index (κ3) is 5.24. The van der Waals surface area contributed by atoms with Gasteiger partial charge in [-0.2, -0.15) is 23.4 Å². The van der Waals surface area contributed by atoms with Gasteiger partial charge in [-0.1, -0.05) is 5.57 Å². The van der Waals surface area contributed by atoms with E-state index >= 15 is 0 Å². The standard InChI is InChI=1S/C30H28F4N6O2S/c1-3-39-13-11-27(37-39)43(42)38(2)24-7-4-20-15-26-19(18-36-40(26)23-8-5-22(31)6-9-23)16-29(20,17-24)28(41)25-14-21(10-12-35-25)30(32,33)34/h5-6,8-15,18,24H,3-4,7,16-17H2,1-2H3. The predicted molar refractivity (Wildman–Crippen MR) is 151 cm³/mol. The molecule has 3 atom stereocenters. The van der Waals surface area contributed by atoms with Crippen LogP contribution in [0.2, 0.25) is 0 Å². The summed E-state index contributed by atoms with van der Waals surface area (Å²) >= 11 is 0. The maximum atomic E-state index is 14.4. The van der Waals surface area contributed by atoms with Crippen LogP contribution in [0.5, 0.6) is 0 Å². The average Bonchev–Trinajstić information content (AvgIpc) is 3.65. The van der Waals surface area contributed by atoms with Crippen LogP contribution in [0.4, 0.5) is 17.6 Å². The van der Waals surface area contributed by atoms with Gasteiger partial charge in [0.25, 0.3) is 0 Å². The molecule has 0 aliphatic heterocycles. The largest absolute Gasteiger partial charge is 0.416 e. The number of halogens is 4. The molecule has 3 aromatic heterocycles. The highest BCUT2D eigenvalue weighted by Crippen LogP contribution is 2.51. The van der Waals surface area contributed by atoms with E-state index in [-0.39, 0.29) is 30.4 Å². The molecule has 0 N–H and O–H groups in total. The summed E-state index contributed by atoms with van der Waals surface area (Å²) in [5, 5.41) is 9.26. The zero-order chi connectivity index (χ0) is 30.5. The normalized spacial score (nSPS) is 20.8. The summed E-state index contributed by atoms with van der Waals surface area (Å²) in [4.78, 5) is 18.4. The van der Waals surface area contributed by atoms with Crippen molar-refractivity contribution >= 4 is 22.8 Å². The van der Waals surface area contributed by atoms with Gasteiger partial charge in [-0.3, -0.25) is 14.5 Å². The van der Waals surface area contributed by atoms with Crippen molar-refractivity contribution in [2.75, 3.05) is 7.05 Å². The highest BCUT2D eigenvalue weighted by molar-refractivity contribution is 7.82. The quantitative estimate of drug-likeness (QED) is 0.199. The van der Waals surface area contributed by atoms with Crippen LogP contribution in [0.25, 0.3) is 11.8 Å². The number of pyridine rings is 1. The average molecular weight is 613 g/mol. The van der Waals surface area contributed by atoms with Gasteiger partial charge < -0.3 is 0 Å². The monoisotopic (exact) mass is 612 g/mol. The molecule has 3 unspecified atom stereocenters. The molecule has 4 aromatic rings. The van der Waals surface area contributed by atoms with Crippen molar-refractivity contribution < 1.29 is 26.6 Å². The zero-order valence-corrected chi connectivity index (χ0v) is 24.2. The molecule has 0 amide bonds. The summed E-state index contributed by atoms with van der Waals surface area (Å²) in [6.45, 7) is 2.54. The summed E-state index contributed by atoms with van der Waals surface area (Å²) in [5.41, 5.74) is 0.367. The van der Waals surface area contributed by atoms with Crippen molar-refractivity contribution in [3.05, 3.63) is 95.0 Å². The molecule has 1 saturated carbocycles. The van der Waals surface area contributed by atoms with Gasteiger partial charge in [-0.15, -0.1) is 0 Å². The summed E-state index contributed by atoms with van der Waals surface area (Å²) in [7, 11) is 0.0915. The minimum atomic E-state index is -4.64. The molecular weight excluding hydrogens is 584 g/mol. The highest BCUT2D eigenvalue weighted by Gasteiger charge is 2.51. The van der Waals surface area contributed by atoms with Crippen LogP contribution >= 0.6 is 0 Å². The van der Waals surface area contributed by atoms with E-state index < -0.39 is 33.9 Å². The van der Waals surface area contributed by atoms with Crippen molar-refractivity contribution in [2.24, 2.45) is 5.41 Å². The number of aromatic nitrogens is 5. The van der Waals surface area contributed by atoms with Gasteiger partial charge in [-0.05, 0) is 86.7 Å². The number of carbonyl (C=O) groups excluding carboxylic acids is 1. The number of allylic oxidation sites excluding steroid dienone is 1. The van der Waals surface area contributed by atoms with E-state index in [0.29, 0.717) is 30.1 Å². The Labute approximate surface area is 247 Å². The summed E-state index contributed by atoms with van der Waals surface area (Å²) in [5.74, 6) is -0.910. The van der Waals surface area contributed by atoms with Crippen molar-refractivity contribution in [3.8, 4) is 5.69 Å². The minimum Gasteiger partial charge on any atom is -0.291 e. The topological polar surface area (TPSA) is 85.9 Å². The van der Waals surface area contributed by atoms with Crippen LogP contribution in [-0.2, 0) is 30.1 Å². The van der Waals surface area contributed by atoms with E-state index in [0.717, 1.165) is 35.2 Å². The highest BCUT2D eigenvalue weighted by atomic mass is 32.2. The molecule has 0 radical (unpaired) electrons. The zero-order valence-electron chi connectivity index (χ0n) is 23.4. The fourth-order valence-electron chi connectivity index (χ4n) is 6.05. The number of alkyl halides is 3. The number of carbonyl (C=O) groups is 1. The molecule has 0 saturated heterocycles. The maximum absolute atomic E-state index is 14.4. The van der Waals surface area contributed by atoms with Gasteiger partial charge in [0.1, 0.15) is 22.5 Å². The number of hydrogen-bond donors (Lipinski definition) is 0. The first-order valence-electron chi connectivity index (χ1n) is 13.8. The fourth-order valence-corrected chi connectivity index (χ4v) is 7.15. The Hall–Kier alpha value is -3.97. The van der Waals surface area contributed by atoms with Crippen LogP contribution in [0, 0.1) is 11.2 Å². The second-order valence-corrected chi connectivity index (χ2v) is 12.3. The van der Waals surface area contributed by atoms with E-state index in [2.05, 4.69) is 15.2 Å². The van der Waals surface area contributed by atoms with Crippen LogP contribution < -0.4 is 0 Å². The summed E-state index contributed by atoms with van der Waals surface area (Å²) in [6, 6.07) is 8.85. The molecule has 6 rings (SSSR count). The first-order chi connectivity index (χ1) is 20.5. The SMILES string of the molecule is CCn1ccc(S(=O)N(C)C2CCC3=Cc4c(cnn4-c4ccc(F)cc4)CC3(C(=O)c3cc(C(F)(F)F)ccn3)C2)n1. The number of rotatable bonds is 7. The molecule has 224 valence electrons. The van der Waals surface area contributed by atoms with Gasteiger partial charge in [0, 0.05) is 32.0 Å². The van der Waals surface area contributed by atoms with Gasteiger partial charge in [0.15, 0.2) is 10.8 Å². The molecule has 43 heavy (non-hydrogen) atoms. The molecular formula is C30H28F4N6O2S. The molecule has 2 aliphatic rings. The van der Waals surface area contributed by atoms with E-state index in [1.807, 2.05) is 13.0 Å². The minimum absolute atomic E-state index is 0.174. The third-order valence-corrected chi connectivity index (χ3v) is 9.75. The molecule has 0 spiro atoms. The van der Waals surface area contributed by atoms with Crippen LogP contribution in [-0.4, -0.2) is 51.9 Å². The number of nitrogens with zero attached hydrogens (tertiary/aromatic N) is 6. The molecule has 1 aromatic carbocycles. The van der Waals surface area contributed by atoms with Crippen LogP contribution in [0.15, 0.2) is 71.7 Å².